The molecule has 176 valence electrons. The van der Waals surface area contributed by atoms with Crippen molar-refractivity contribution in [3.63, 3.8) is 0 Å². The number of aliphatic imine (C=N–C) groups is 1. The number of carbonyl (C=O) groups excluding carboxylic acids is 2. The van der Waals surface area contributed by atoms with E-state index in [0.717, 1.165) is 22.6 Å². The number of methoxy groups -OCH3 is 1. The second-order valence-electron chi connectivity index (χ2n) is 8.18. The number of nitrogens with one attached hydrogen (secondary N) is 1. The van der Waals surface area contributed by atoms with Crippen LogP contribution in [0.1, 0.15) is 30.0 Å². The highest BCUT2D eigenvalue weighted by atomic mass is 32.2. The van der Waals surface area contributed by atoms with E-state index in [9.17, 15) is 9.59 Å². The first-order chi connectivity index (χ1) is 17.1. The van der Waals surface area contributed by atoms with Crippen LogP contribution in [0.2, 0.25) is 0 Å². The summed E-state index contributed by atoms with van der Waals surface area (Å²) in [7, 11) is 1.64. The predicted molar refractivity (Wildman–Crippen MR) is 139 cm³/mol. The number of rotatable bonds is 6. The summed E-state index contributed by atoms with van der Waals surface area (Å²) >= 11 is 1.28. The lowest BCUT2D eigenvalue weighted by molar-refractivity contribution is -0.121. The number of thioether (sulfide) groups is 1. The molecule has 2 aliphatic heterocycles. The van der Waals surface area contributed by atoms with Crippen LogP contribution in [0.4, 0.5) is 5.69 Å². The van der Waals surface area contributed by atoms with Gasteiger partial charge in [0.15, 0.2) is 5.17 Å². The molecule has 3 aromatic rings. The lowest BCUT2D eigenvalue weighted by Crippen LogP contribution is -2.25. The molecule has 0 saturated heterocycles. The summed E-state index contributed by atoms with van der Waals surface area (Å²) in [5.41, 5.74) is 3.58. The normalized spacial score (nSPS) is 19.3. The van der Waals surface area contributed by atoms with Crippen molar-refractivity contribution in [2.75, 3.05) is 12.4 Å². The second kappa shape index (κ2) is 10.1. The fraction of sp³-hybridized carbons (Fsp3) is 0.185. The van der Waals surface area contributed by atoms with E-state index in [1.54, 1.807) is 12.1 Å². The van der Waals surface area contributed by atoms with Crippen molar-refractivity contribution in [2.24, 2.45) is 10.1 Å². The molecule has 0 bridgehead atoms. The standard InChI is InChI=1S/C27H24N4O3S/c1-34-23-15-9-8-14-20(23)22-16-21(18-10-4-2-5-11-18)30-31(22)27-29-26(33)24(35-27)17-25(32)28-19-12-6-3-7-13-19/h2-15,22,24H,16-17H2,1H3,(H,28,32)/t22-,24+/m0/s1. The lowest BCUT2D eigenvalue weighted by atomic mass is 9.98. The average Bonchev–Trinajstić information content (AvgIpc) is 3.49. The Morgan fingerprint density at radius 3 is 2.46 bits per heavy atom. The number of anilines is 1. The smallest absolute Gasteiger partial charge is 0.262 e. The first kappa shape index (κ1) is 22.9. The van der Waals surface area contributed by atoms with Crippen LogP contribution in [0.25, 0.3) is 0 Å². The molecule has 0 saturated carbocycles. The molecule has 1 N–H and O–H groups in total. The molecular weight excluding hydrogens is 460 g/mol. The van der Waals surface area contributed by atoms with E-state index in [4.69, 9.17) is 9.84 Å². The number of hydrogen-bond donors (Lipinski definition) is 1. The van der Waals surface area contributed by atoms with Gasteiger partial charge in [0, 0.05) is 24.1 Å². The van der Waals surface area contributed by atoms with Gasteiger partial charge in [-0.05, 0) is 23.8 Å². The Balaban J connectivity index is 1.38. The molecule has 2 heterocycles. The first-order valence-corrected chi connectivity index (χ1v) is 12.2. The fourth-order valence-electron chi connectivity index (χ4n) is 4.18. The number of ether oxygens (including phenoxy) is 1. The van der Waals surface area contributed by atoms with Gasteiger partial charge in [-0.2, -0.15) is 10.1 Å². The number of amides is 2. The molecular formula is C27H24N4O3S. The van der Waals surface area contributed by atoms with Crippen molar-refractivity contribution in [3.8, 4) is 5.75 Å². The number of benzene rings is 3. The number of hydrazone groups is 1. The molecule has 3 aromatic carbocycles. The Hall–Kier alpha value is -3.91. The van der Waals surface area contributed by atoms with E-state index in [0.29, 0.717) is 17.3 Å². The maximum absolute atomic E-state index is 12.8. The number of nitrogens with zero attached hydrogens (tertiary/aromatic N) is 3. The second-order valence-corrected chi connectivity index (χ2v) is 9.35. The van der Waals surface area contributed by atoms with Gasteiger partial charge in [-0.3, -0.25) is 9.59 Å². The minimum atomic E-state index is -0.594. The van der Waals surface area contributed by atoms with Crippen LogP contribution in [0, 0.1) is 0 Å². The minimum Gasteiger partial charge on any atom is -0.496 e. The zero-order valence-corrected chi connectivity index (χ0v) is 19.9. The number of amidine groups is 1. The Morgan fingerprint density at radius 1 is 1.03 bits per heavy atom. The minimum absolute atomic E-state index is 0.0355. The van der Waals surface area contributed by atoms with Gasteiger partial charge in [0.25, 0.3) is 5.91 Å². The molecule has 35 heavy (non-hydrogen) atoms. The van der Waals surface area contributed by atoms with Crippen molar-refractivity contribution in [3.05, 3.63) is 96.1 Å². The molecule has 0 radical (unpaired) electrons. The van der Waals surface area contributed by atoms with Crippen molar-refractivity contribution < 1.29 is 14.3 Å². The highest BCUT2D eigenvalue weighted by Crippen LogP contribution is 2.41. The number of para-hydroxylation sites is 2. The zero-order valence-electron chi connectivity index (χ0n) is 19.1. The van der Waals surface area contributed by atoms with E-state index in [-0.39, 0.29) is 24.3 Å². The summed E-state index contributed by atoms with van der Waals surface area (Å²) in [5, 5.41) is 9.42. The third-order valence-corrected chi connectivity index (χ3v) is 7.01. The molecule has 0 aliphatic carbocycles. The Kier molecular flexibility index (Phi) is 6.63. The summed E-state index contributed by atoms with van der Waals surface area (Å²) in [6.45, 7) is 0. The average molecular weight is 485 g/mol. The third-order valence-electron chi connectivity index (χ3n) is 5.87. The topological polar surface area (TPSA) is 83.4 Å². The highest BCUT2D eigenvalue weighted by molar-refractivity contribution is 8.15. The van der Waals surface area contributed by atoms with E-state index in [2.05, 4.69) is 10.3 Å². The Morgan fingerprint density at radius 2 is 1.71 bits per heavy atom. The predicted octanol–water partition coefficient (Wildman–Crippen LogP) is 4.87. The molecule has 8 heteroatoms. The van der Waals surface area contributed by atoms with Crippen LogP contribution in [0.5, 0.6) is 5.75 Å². The molecule has 2 aliphatic rings. The fourth-order valence-corrected chi connectivity index (χ4v) is 5.24. The summed E-state index contributed by atoms with van der Waals surface area (Å²) < 4.78 is 5.62. The quantitative estimate of drug-likeness (QED) is 0.540. The van der Waals surface area contributed by atoms with Crippen molar-refractivity contribution in [1.82, 2.24) is 5.01 Å². The van der Waals surface area contributed by atoms with E-state index in [1.165, 1.54) is 11.8 Å². The Bertz CT molecular complexity index is 1290. The lowest BCUT2D eigenvalue weighted by Gasteiger charge is -2.24. The largest absolute Gasteiger partial charge is 0.496 e. The van der Waals surface area contributed by atoms with Gasteiger partial charge in [0.1, 0.15) is 11.0 Å². The van der Waals surface area contributed by atoms with Gasteiger partial charge in [0.2, 0.25) is 5.91 Å². The van der Waals surface area contributed by atoms with Crippen molar-refractivity contribution >= 4 is 40.1 Å². The molecule has 0 aromatic heterocycles. The van der Waals surface area contributed by atoms with Crippen LogP contribution >= 0.6 is 11.8 Å². The SMILES string of the molecule is COc1ccccc1[C@@H]1CC(c2ccccc2)=NN1C1=NC(=O)[C@@H](CC(=O)Nc2ccccc2)S1. The molecule has 0 spiro atoms. The summed E-state index contributed by atoms with van der Waals surface area (Å²) in [6, 6.07) is 26.8. The summed E-state index contributed by atoms with van der Waals surface area (Å²) in [5.74, 6) is 0.200. The van der Waals surface area contributed by atoms with Gasteiger partial charge in [-0.1, -0.05) is 78.5 Å². The molecule has 0 fully saturated rings. The van der Waals surface area contributed by atoms with Gasteiger partial charge in [0.05, 0.1) is 18.9 Å². The number of hydrogen-bond acceptors (Lipinski definition) is 6. The van der Waals surface area contributed by atoms with E-state index < -0.39 is 5.25 Å². The highest BCUT2D eigenvalue weighted by Gasteiger charge is 2.40. The number of carbonyl (C=O) groups is 2. The Labute approximate surface area is 207 Å². The van der Waals surface area contributed by atoms with Crippen LogP contribution in [0.15, 0.2) is 95.0 Å². The van der Waals surface area contributed by atoms with Crippen LogP contribution in [0.3, 0.4) is 0 Å². The summed E-state index contributed by atoms with van der Waals surface area (Å²) in [6.07, 6.45) is 0.672. The van der Waals surface area contributed by atoms with Gasteiger partial charge >= 0.3 is 0 Å². The van der Waals surface area contributed by atoms with E-state index >= 15 is 0 Å². The molecule has 2 amide bonds. The van der Waals surface area contributed by atoms with Crippen LogP contribution in [-0.4, -0.2) is 40.1 Å². The summed E-state index contributed by atoms with van der Waals surface area (Å²) in [4.78, 5) is 29.6. The van der Waals surface area contributed by atoms with Gasteiger partial charge in [-0.15, -0.1) is 0 Å². The van der Waals surface area contributed by atoms with Crippen LogP contribution < -0.4 is 10.1 Å². The van der Waals surface area contributed by atoms with Crippen LogP contribution in [-0.2, 0) is 9.59 Å². The van der Waals surface area contributed by atoms with Crippen molar-refractivity contribution in [2.45, 2.75) is 24.1 Å². The maximum Gasteiger partial charge on any atom is 0.262 e. The van der Waals surface area contributed by atoms with E-state index in [1.807, 2.05) is 84.9 Å². The van der Waals surface area contributed by atoms with Gasteiger partial charge in [-0.25, -0.2) is 5.01 Å². The first-order valence-electron chi connectivity index (χ1n) is 11.3. The third kappa shape index (κ3) is 4.97. The molecule has 0 unspecified atom stereocenters. The van der Waals surface area contributed by atoms with Gasteiger partial charge < -0.3 is 10.1 Å². The molecule has 2 atom stereocenters. The van der Waals surface area contributed by atoms with Crippen molar-refractivity contribution in [1.29, 1.82) is 0 Å². The molecule has 5 rings (SSSR count). The zero-order chi connectivity index (χ0) is 24.2. The molecule has 7 nitrogen and oxygen atoms in total. The maximum atomic E-state index is 12.8. The monoisotopic (exact) mass is 484 g/mol.